The van der Waals surface area contributed by atoms with Crippen LogP contribution in [0.15, 0.2) is 61.0 Å². The minimum atomic E-state index is -1.01. The van der Waals surface area contributed by atoms with Gasteiger partial charge in [-0.25, -0.2) is 9.78 Å². The van der Waals surface area contributed by atoms with Crippen LogP contribution < -0.4 is 5.32 Å². The highest BCUT2D eigenvalue weighted by Gasteiger charge is 2.22. The Balaban J connectivity index is 2.67. The van der Waals surface area contributed by atoms with Gasteiger partial charge in [0, 0.05) is 38.3 Å². The van der Waals surface area contributed by atoms with Crippen molar-refractivity contribution in [3.8, 4) is 0 Å². The van der Waals surface area contributed by atoms with Gasteiger partial charge in [0.2, 0.25) is 0 Å². The van der Waals surface area contributed by atoms with Gasteiger partial charge in [0.25, 0.3) is 0 Å². The summed E-state index contributed by atoms with van der Waals surface area (Å²) < 4.78 is 25.2. The third-order valence-corrected chi connectivity index (χ3v) is 13.5. The molecule has 1 aromatic rings. The molecule has 0 radical (unpaired) electrons. The number of hydrogen-bond acceptors (Lipinski definition) is 9. The average Bonchev–Trinajstić information content (AvgIpc) is 3.81. The molecule has 0 bridgehead atoms. The first-order valence-corrected chi connectivity index (χ1v) is 30.5. The molecule has 1 rings (SSSR count). The lowest BCUT2D eigenvalue weighted by atomic mass is 10.0. The third-order valence-electron chi connectivity index (χ3n) is 13.5. The number of allylic oxidation sites excluding steroid dienone is 8. The third kappa shape index (κ3) is 45.7. The van der Waals surface area contributed by atoms with E-state index >= 15 is 0 Å². The molecule has 3 unspecified atom stereocenters. The molecule has 1 aromatic heterocycles. The van der Waals surface area contributed by atoms with Crippen LogP contribution in [0.1, 0.15) is 271 Å². The summed E-state index contributed by atoms with van der Waals surface area (Å²) in [7, 11) is 0. The SMILES string of the molecule is CCCCC/C=C\C/C=C\CCCCCCCC(=O)OCC(COC(O)CCCCCCC/C=C\C/C=C\CCCCC)OC(=O)CCC(CCCCCCCCCCCC)OC(=O)NCCCn1ccnc1C. The van der Waals surface area contributed by atoms with Gasteiger partial charge in [-0.05, 0) is 116 Å². The van der Waals surface area contributed by atoms with Crippen molar-refractivity contribution < 1.29 is 38.4 Å². The van der Waals surface area contributed by atoms with Gasteiger partial charge in [0.15, 0.2) is 12.4 Å². The number of unbranched alkanes of at least 4 members (excludes halogenated alkanes) is 25. The van der Waals surface area contributed by atoms with Gasteiger partial charge in [-0.15, -0.1) is 0 Å². The predicted molar refractivity (Wildman–Crippen MR) is 307 cm³/mol. The van der Waals surface area contributed by atoms with E-state index in [0.717, 1.165) is 128 Å². The van der Waals surface area contributed by atoms with E-state index in [1.807, 2.05) is 17.7 Å². The number of carbonyl (C=O) groups excluding carboxylic acids is 3. The van der Waals surface area contributed by atoms with Gasteiger partial charge in [-0.3, -0.25) is 9.59 Å². The summed E-state index contributed by atoms with van der Waals surface area (Å²) in [6, 6.07) is 0. The van der Waals surface area contributed by atoms with Gasteiger partial charge in [0.05, 0.1) is 6.61 Å². The average molecular weight is 1040 g/mol. The molecule has 0 spiro atoms. The lowest BCUT2D eigenvalue weighted by molar-refractivity contribution is -0.173. The highest BCUT2D eigenvalue weighted by molar-refractivity contribution is 5.70. The molecule has 0 aliphatic carbocycles. The van der Waals surface area contributed by atoms with Crippen molar-refractivity contribution in [1.29, 1.82) is 0 Å². The number of aliphatic hydroxyl groups is 1. The molecule has 74 heavy (non-hydrogen) atoms. The van der Waals surface area contributed by atoms with Crippen LogP contribution in [0.3, 0.4) is 0 Å². The van der Waals surface area contributed by atoms with Crippen LogP contribution in [0, 0.1) is 6.92 Å². The Bertz CT molecular complexity index is 1560. The molecule has 0 saturated heterocycles. The fourth-order valence-electron chi connectivity index (χ4n) is 8.81. The van der Waals surface area contributed by atoms with E-state index in [2.05, 4.69) is 79.7 Å². The number of aromatic nitrogens is 2. The highest BCUT2D eigenvalue weighted by Crippen LogP contribution is 2.18. The van der Waals surface area contributed by atoms with Gasteiger partial charge in [-0.1, -0.05) is 191 Å². The van der Waals surface area contributed by atoms with E-state index in [0.29, 0.717) is 32.2 Å². The monoisotopic (exact) mass is 1040 g/mol. The predicted octanol–water partition coefficient (Wildman–Crippen LogP) is 17.2. The highest BCUT2D eigenvalue weighted by atomic mass is 16.6. The molecule has 0 aliphatic rings. The number of hydrogen-bond donors (Lipinski definition) is 2. The van der Waals surface area contributed by atoms with Gasteiger partial charge in [0.1, 0.15) is 18.5 Å². The van der Waals surface area contributed by atoms with Crippen molar-refractivity contribution in [3.63, 3.8) is 0 Å². The summed E-state index contributed by atoms with van der Waals surface area (Å²) in [5, 5.41) is 13.6. The number of nitrogens with zero attached hydrogens (tertiary/aromatic N) is 2. The minimum absolute atomic E-state index is 0.0283. The summed E-state index contributed by atoms with van der Waals surface area (Å²) in [6.07, 6.45) is 58.0. The van der Waals surface area contributed by atoms with E-state index in [4.69, 9.17) is 18.9 Å². The number of alkyl carbamates (subject to hydrolysis) is 1. The zero-order valence-electron chi connectivity index (χ0n) is 47.9. The van der Waals surface area contributed by atoms with Crippen LogP contribution >= 0.6 is 0 Å². The van der Waals surface area contributed by atoms with Crippen molar-refractivity contribution >= 4 is 18.0 Å². The first-order valence-electron chi connectivity index (χ1n) is 30.5. The Kier molecular flexibility index (Phi) is 48.7. The van der Waals surface area contributed by atoms with Crippen LogP contribution in [-0.4, -0.2) is 70.9 Å². The molecule has 0 aromatic carbocycles. The second kappa shape index (κ2) is 52.7. The Labute approximate surface area is 452 Å². The topological polar surface area (TPSA) is 138 Å². The summed E-state index contributed by atoms with van der Waals surface area (Å²) in [4.78, 5) is 43.5. The molecular formula is C63H111N3O8. The van der Waals surface area contributed by atoms with Crippen molar-refractivity contribution in [3.05, 3.63) is 66.8 Å². The van der Waals surface area contributed by atoms with E-state index in [1.54, 1.807) is 6.20 Å². The number of rotatable bonds is 53. The lowest BCUT2D eigenvalue weighted by Gasteiger charge is -2.21. The van der Waals surface area contributed by atoms with Gasteiger partial charge in [-0.2, -0.15) is 0 Å². The number of aliphatic hydroxyl groups excluding tert-OH is 1. The summed E-state index contributed by atoms with van der Waals surface area (Å²) in [6.45, 7) is 9.62. The number of imidazole rings is 1. The zero-order chi connectivity index (χ0) is 53.6. The first kappa shape index (κ1) is 68.3. The van der Waals surface area contributed by atoms with Crippen LogP contribution in [0.25, 0.3) is 0 Å². The van der Waals surface area contributed by atoms with Crippen LogP contribution in [0.2, 0.25) is 0 Å². The molecule has 1 heterocycles. The zero-order valence-corrected chi connectivity index (χ0v) is 47.9. The molecule has 1 amide bonds. The fraction of sp³-hybridized carbons (Fsp3) is 0.778. The molecule has 3 atom stereocenters. The second-order valence-electron chi connectivity index (χ2n) is 20.6. The molecular weight excluding hydrogens is 927 g/mol. The standard InChI is InChI=1S/C63H111N3O8/c1-5-8-11-14-17-20-23-25-27-29-31-34-37-40-43-47-60(67)71-55-59(56-72-61(68)48-44-41-38-35-32-30-28-26-24-21-18-15-12-9-6-2)73-62(69)50-49-58(46-42-39-36-33-22-19-16-13-10-7-3)74-63(70)65-51-45-53-66-54-52-64-57(66)4/h17-18,20-21,25-28,52,54,58-60,67H,5-16,19,22-24,29-51,53,55-56H2,1-4H3,(H,65,70)/b20-17-,21-18-,27-25-,28-26-. The summed E-state index contributed by atoms with van der Waals surface area (Å²) >= 11 is 0. The number of carbonyl (C=O) groups is 3. The Hall–Kier alpha value is -3.70. The van der Waals surface area contributed by atoms with E-state index in [-0.39, 0.29) is 25.6 Å². The molecule has 426 valence electrons. The maximum Gasteiger partial charge on any atom is 0.407 e. The largest absolute Gasteiger partial charge is 0.462 e. The lowest BCUT2D eigenvalue weighted by Crippen LogP contribution is -2.33. The molecule has 2 N–H and O–H groups in total. The second-order valence-corrected chi connectivity index (χ2v) is 20.6. The van der Waals surface area contributed by atoms with Crippen molar-refractivity contribution in [2.24, 2.45) is 0 Å². The summed E-state index contributed by atoms with van der Waals surface area (Å²) in [5.41, 5.74) is 0. The number of aryl methyl sites for hydroxylation is 2. The quantitative estimate of drug-likeness (QED) is 0.0215. The number of ether oxygens (including phenoxy) is 4. The van der Waals surface area contributed by atoms with Crippen molar-refractivity contribution in [1.82, 2.24) is 14.9 Å². The van der Waals surface area contributed by atoms with E-state index in [1.165, 1.54) is 96.3 Å². The number of amides is 1. The molecule has 0 saturated carbocycles. The van der Waals surface area contributed by atoms with Crippen LogP contribution in [-0.2, 0) is 35.1 Å². The van der Waals surface area contributed by atoms with Crippen molar-refractivity contribution in [2.45, 2.75) is 297 Å². The minimum Gasteiger partial charge on any atom is -0.462 e. The maximum atomic E-state index is 13.4. The fourth-order valence-corrected chi connectivity index (χ4v) is 8.81. The smallest absolute Gasteiger partial charge is 0.407 e. The molecule has 11 heteroatoms. The van der Waals surface area contributed by atoms with Crippen LogP contribution in [0.5, 0.6) is 0 Å². The number of esters is 2. The number of nitrogens with one attached hydrogen (secondary N) is 1. The van der Waals surface area contributed by atoms with Crippen molar-refractivity contribution in [2.75, 3.05) is 19.8 Å². The Morgan fingerprint density at radius 1 is 0.541 bits per heavy atom. The van der Waals surface area contributed by atoms with Gasteiger partial charge < -0.3 is 33.9 Å². The molecule has 11 nitrogen and oxygen atoms in total. The van der Waals surface area contributed by atoms with Crippen LogP contribution in [0.4, 0.5) is 4.79 Å². The summed E-state index contributed by atoms with van der Waals surface area (Å²) in [5.74, 6) is 0.108. The van der Waals surface area contributed by atoms with E-state index < -0.39 is 30.6 Å². The van der Waals surface area contributed by atoms with E-state index in [9.17, 15) is 19.5 Å². The normalized spacial score (nSPS) is 13.1. The molecule has 0 aliphatic heterocycles. The molecule has 0 fully saturated rings. The first-order chi connectivity index (χ1) is 36.3. The van der Waals surface area contributed by atoms with Gasteiger partial charge >= 0.3 is 18.0 Å². The Morgan fingerprint density at radius 2 is 1.03 bits per heavy atom. The Morgan fingerprint density at radius 3 is 1.57 bits per heavy atom. The maximum absolute atomic E-state index is 13.4.